The number of pyridine rings is 1. The van der Waals surface area contributed by atoms with Crippen molar-refractivity contribution in [2.75, 3.05) is 5.73 Å². The molecule has 2 nitrogen and oxygen atoms in total. The highest BCUT2D eigenvalue weighted by molar-refractivity contribution is 5.70. The molecule has 0 atom stereocenters. The molecule has 2 heteroatoms. The van der Waals surface area contributed by atoms with Crippen molar-refractivity contribution >= 4 is 11.2 Å². The van der Waals surface area contributed by atoms with Gasteiger partial charge in [-0.3, -0.25) is 0 Å². The van der Waals surface area contributed by atoms with E-state index < -0.39 is 0 Å². The smallest absolute Gasteiger partial charge is 0.0683 e. The lowest BCUT2D eigenvalue weighted by Gasteiger charge is -1.98. The summed E-state index contributed by atoms with van der Waals surface area (Å²) in [6, 6.07) is 8.01. The van der Waals surface area contributed by atoms with Gasteiger partial charge in [0, 0.05) is 11.9 Å². The third-order valence-electron chi connectivity index (χ3n) is 1.93. The molecular formula is C9H10N2. The molecule has 0 unspecified atom stereocenters. The largest absolute Gasteiger partial charge is 0.397 e. The van der Waals surface area contributed by atoms with Gasteiger partial charge >= 0.3 is 0 Å². The predicted molar refractivity (Wildman–Crippen MR) is 46.5 cm³/mol. The Labute approximate surface area is 65.3 Å². The molecule has 0 fully saturated rings. The van der Waals surface area contributed by atoms with Crippen LogP contribution in [0.2, 0.25) is 0 Å². The fraction of sp³-hybridized carbons (Fsp3) is 0.111. The van der Waals surface area contributed by atoms with Crippen LogP contribution in [0, 0.1) is 6.92 Å². The van der Waals surface area contributed by atoms with Crippen molar-refractivity contribution < 1.29 is 0 Å². The molecule has 2 rings (SSSR count). The molecule has 0 spiro atoms. The summed E-state index contributed by atoms with van der Waals surface area (Å²) in [5.41, 5.74) is 8.86. The molecule has 2 aromatic rings. The molecule has 0 amide bonds. The van der Waals surface area contributed by atoms with Crippen molar-refractivity contribution in [3.63, 3.8) is 0 Å². The number of nitrogens with zero attached hydrogens (tertiary/aromatic N) is 1. The fourth-order valence-electron chi connectivity index (χ4n) is 1.30. The SMILES string of the molecule is Cc1cccc2c(N)ccn12. The maximum Gasteiger partial charge on any atom is 0.0683 e. The summed E-state index contributed by atoms with van der Waals surface area (Å²) in [4.78, 5) is 0. The zero-order valence-corrected chi connectivity index (χ0v) is 6.41. The average molecular weight is 146 g/mol. The number of anilines is 1. The van der Waals surface area contributed by atoms with Crippen LogP contribution in [-0.2, 0) is 0 Å². The Bertz CT molecular complexity index is 387. The molecule has 0 aliphatic heterocycles. The van der Waals surface area contributed by atoms with Crippen molar-refractivity contribution in [2.24, 2.45) is 0 Å². The summed E-state index contributed by atoms with van der Waals surface area (Å²) in [5, 5.41) is 0. The van der Waals surface area contributed by atoms with Crippen LogP contribution in [0.25, 0.3) is 5.52 Å². The van der Waals surface area contributed by atoms with Crippen LogP contribution in [0.1, 0.15) is 5.69 Å². The lowest BCUT2D eigenvalue weighted by molar-refractivity contribution is 1.10. The van der Waals surface area contributed by atoms with E-state index in [-0.39, 0.29) is 0 Å². The molecule has 0 saturated heterocycles. The van der Waals surface area contributed by atoms with E-state index in [4.69, 9.17) is 5.73 Å². The molecule has 56 valence electrons. The quantitative estimate of drug-likeness (QED) is 0.603. The Morgan fingerprint density at radius 2 is 2.09 bits per heavy atom. The number of aryl methyl sites for hydroxylation is 1. The maximum absolute atomic E-state index is 5.72. The number of hydrogen-bond acceptors (Lipinski definition) is 1. The molecule has 2 N–H and O–H groups in total. The molecule has 0 saturated carbocycles. The highest BCUT2D eigenvalue weighted by Gasteiger charge is 1.97. The first-order valence-electron chi connectivity index (χ1n) is 3.61. The highest BCUT2D eigenvalue weighted by atomic mass is 14.9. The van der Waals surface area contributed by atoms with Gasteiger partial charge in [-0.25, -0.2) is 0 Å². The molecule has 2 aromatic heterocycles. The van der Waals surface area contributed by atoms with E-state index in [0.29, 0.717) is 0 Å². The third kappa shape index (κ3) is 0.792. The van der Waals surface area contributed by atoms with Gasteiger partial charge in [0.15, 0.2) is 0 Å². The number of nitrogen functional groups attached to an aromatic ring is 1. The zero-order valence-electron chi connectivity index (χ0n) is 6.41. The number of nitrogens with two attached hydrogens (primary N) is 1. The predicted octanol–water partition coefficient (Wildman–Crippen LogP) is 1.83. The lowest BCUT2D eigenvalue weighted by Crippen LogP contribution is -1.88. The van der Waals surface area contributed by atoms with Crippen molar-refractivity contribution in [2.45, 2.75) is 6.92 Å². The number of aromatic nitrogens is 1. The Morgan fingerprint density at radius 3 is 2.82 bits per heavy atom. The molecule has 0 aliphatic carbocycles. The molecule has 0 bridgehead atoms. The summed E-state index contributed by atoms with van der Waals surface area (Å²) >= 11 is 0. The van der Waals surface area contributed by atoms with Crippen molar-refractivity contribution in [3.05, 3.63) is 36.2 Å². The van der Waals surface area contributed by atoms with Gasteiger partial charge in [-0.05, 0) is 25.1 Å². The molecular weight excluding hydrogens is 136 g/mol. The van der Waals surface area contributed by atoms with Crippen LogP contribution in [0.5, 0.6) is 0 Å². The second-order valence-corrected chi connectivity index (χ2v) is 2.69. The average Bonchev–Trinajstić information content (AvgIpc) is 2.35. The van der Waals surface area contributed by atoms with Crippen LogP contribution in [0.3, 0.4) is 0 Å². The highest BCUT2D eigenvalue weighted by Crippen LogP contribution is 2.15. The first-order valence-corrected chi connectivity index (χ1v) is 3.61. The van der Waals surface area contributed by atoms with Crippen LogP contribution in [-0.4, -0.2) is 4.40 Å². The normalized spacial score (nSPS) is 10.6. The van der Waals surface area contributed by atoms with E-state index in [1.807, 2.05) is 24.4 Å². The van der Waals surface area contributed by atoms with Gasteiger partial charge in [-0.15, -0.1) is 0 Å². The first-order chi connectivity index (χ1) is 5.29. The van der Waals surface area contributed by atoms with Crippen molar-refractivity contribution in [1.82, 2.24) is 4.40 Å². The van der Waals surface area contributed by atoms with Gasteiger partial charge in [-0.1, -0.05) is 6.07 Å². The van der Waals surface area contributed by atoms with Crippen LogP contribution in [0.15, 0.2) is 30.5 Å². The van der Waals surface area contributed by atoms with Gasteiger partial charge in [0.1, 0.15) is 0 Å². The van der Waals surface area contributed by atoms with Crippen LogP contribution >= 0.6 is 0 Å². The summed E-state index contributed by atoms with van der Waals surface area (Å²) < 4.78 is 2.08. The summed E-state index contributed by atoms with van der Waals surface area (Å²) in [7, 11) is 0. The Hall–Kier alpha value is -1.44. The third-order valence-corrected chi connectivity index (χ3v) is 1.93. The lowest BCUT2D eigenvalue weighted by atomic mass is 10.3. The van der Waals surface area contributed by atoms with Gasteiger partial charge < -0.3 is 10.1 Å². The summed E-state index contributed by atoms with van der Waals surface area (Å²) in [6.45, 7) is 2.06. The summed E-state index contributed by atoms with van der Waals surface area (Å²) in [6.07, 6.45) is 1.99. The Balaban J connectivity index is 2.94. The van der Waals surface area contributed by atoms with Gasteiger partial charge in [-0.2, -0.15) is 0 Å². The molecule has 0 aliphatic rings. The standard InChI is InChI=1S/C9H10N2/c1-7-3-2-4-9-8(10)5-6-11(7)9/h2-6H,10H2,1H3. The number of rotatable bonds is 0. The van der Waals surface area contributed by atoms with E-state index >= 15 is 0 Å². The molecule has 0 aromatic carbocycles. The van der Waals surface area contributed by atoms with E-state index in [0.717, 1.165) is 11.2 Å². The fourth-order valence-corrected chi connectivity index (χ4v) is 1.30. The number of hydrogen-bond donors (Lipinski definition) is 1. The summed E-state index contributed by atoms with van der Waals surface area (Å²) in [5.74, 6) is 0. The van der Waals surface area contributed by atoms with Crippen molar-refractivity contribution in [1.29, 1.82) is 0 Å². The Kier molecular flexibility index (Phi) is 1.15. The Morgan fingerprint density at radius 1 is 1.27 bits per heavy atom. The van der Waals surface area contributed by atoms with E-state index in [1.54, 1.807) is 0 Å². The molecule has 11 heavy (non-hydrogen) atoms. The van der Waals surface area contributed by atoms with Crippen LogP contribution < -0.4 is 5.73 Å². The van der Waals surface area contributed by atoms with Crippen LogP contribution in [0.4, 0.5) is 5.69 Å². The minimum atomic E-state index is 0.841. The van der Waals surface area contributed by atoms with E-state index in [1.165, 1.54) is 5.69 Å². The second-order valence-electron chi connectivity index (χ2n) is 2.69. The molecule has 2 heterocycles. The van der Waals surface area contributed by atoms with Gasteiger partial charge in [0.2, 0.25) is 0 Å². The topological polar surface area (TPSA) is 30.4 Å². The minimum Gasteiger partial charge on any atom is -0.397 e. The minimum absolute atomic E-state index is 0.841. The maximum atomic E-state index is 5.72. The van der Waals surface area contributed by atoms with Gasteiger partial charge in [0.05, 0.1) is 11.2 Å². The number of fused-ring (bicyclic) bond motifs is 1. The van der Waals surface area contributed by atoms with Crippen molar-refractivity contribution in [3.8, 4) is 0 Å². The monoisotopic (exact) mass is 146 g/mol. The second kappa shape index (κ2) is 2.02. The van der Waals surface area contributed by atoms with E-state index in [9.17, 15) is 0 Å². The zero-order chi connectivity index (χ0) is 7.84. The first kappa shape index (κ1) is 6.28. The molecule has 0 radical (unpaired) electrons. The van der Waals surface area contributed by atoms with Gasteiger partial charge in [0.25, 0.3) is 0 Å². The van der Waals surface area contributed by atoms with E-state index in [2.05, 4.69) is 17.4 Å².